The van der Waals surface area contributed by atoms with E-state index < -0.39 is 0 Å². The Morgan fingerprint density at radius 2 is 1.87 bits per heavy atom. The minimum atomic E-state index is -0.303. The maximum absolute atomic E-state index is 5.71. The van der Waals surface area contributed by atoms with E-state index in [4.69, 9.17) is 22.3 Å². The first kappa shape index (κ1) is 16.9. The summed E-state index contributed by atoms with van der Waals surface area (Å²) in [6.45, 7) is 4.87. The van der Waals surface area contributed by atoms with Gasteiger partial charge >= 0.3 is 0 Å². The highest BCUT2D eigenvalue weighted by molar-refractivity contribution is 5.39. The fraction of sp³-hybridized carbons (Fsp3) is 0.333. The molecule has 1 aromatic rings. The van der Waals surface area contributed by atoms with Crippen molar-refractivity contribution in [3.63, 3.8) is 0 Å². The lowest BCUT2D eigenvalue weighted by molar-refractivity contribution is 0.0281. The van der Waals surface area contributed by atoms with Crippen LogP contribution in [-0.2, 0) is 4.74 Å². The summed E-state index contributed by atoms with van der Waals surface area (Å²) >= 11 is 0. The van der Waals surface area contributed by atoms with Gasteiger partial charge in [0.1, 0.15) is 19.0 Å². The number of terminal acetylenes is 2. The smallest absolute Gasteiger partial charge is 0.148 e. The molecule has 1 aromatic carbocycles. The minimum absolute atomic E-state index is 0.291. The van der Waals surface area contributed by atoms with Crippen molar-refractivity contribution in [1.82, 2.24) is 0 Å². The Labute approximate surface area is 139 Å². The maximum atomic E-state index is 5.71. The minimum Gasteiger partial charge on any atom is -0.481 e. The molecule has 2 rings (SSSR count). The van der Waals surface area contributed by atoms with Gasteiger partial charge in [-0.05, 0) is 36.6 Å². The zero-order valence-electron chi connectivity index (χ0n) is 13.7. The van der Waals surface area contributed by atoms with Gasteiger partial charge in [0.2, 0.25) is 0 Å². The first-order chi connectivity index (χ1) is 11.1. The van der Waals surface area contributed by atoms with Crippen molar-refractivity contribution in [2.45, 2.75) is 31.8 Å². The summed E-state index contributed by atoms with van der Waals surface area (Å²) in [5.74, 6) is 6.09. The highest BCUT2D eigenvalue weighted by atomic mass is 16.5. The summed E-state index contributed by atoms with van der Waals surface area (Å²) in [7, 11) is 0. The number of hydrogen-bond donors (Lipinski definition) is 0. The van der Waals surface area contributed by atoms with Gasteiger partial charge in [-0.25, -0.2) is 0 Å². The van der Waals surface area contributed by atoms with E-state index in [0.717, 1.165) is 12.2 Å². The fourth-order valence-corrected chi connectivity index (χ4v) is 2.53. The lowest BCUT2D eigenvalue weighted by Gasteiger charge is -2.29. The molecule has 2 unspecified atom stereocenters. The molecule has 23 heavy (non-hydrogen) atoms. The molecule has 0 bridgehead atoms. The molecule has 2 atom stereocenters. The molecule has 0 aliphatic heterocycles. The normalized spacial score (nSPS) is 21.0. The number of benzene rings is 1. The van der Waals surface area contributed by atoms with Gasteiger partial charge in [0.15, 0.2) is 0 Å². The molecule has 0 N–H and O–H groups in total. The summed E-state index contributed by atoms with van der Waals surface area (Å²) < 4.78 is 11.1. The van der Waals surface area contributed by atoms with Crippen molar-refractivity contribution in [2.75, 3.05) is 13.2 Å². The SMILES string of the molecule is C#CCOc1ccc(C(C)C2=CCC(C)(OCC#C)C=C2)cc1. The van der Waals surface area contributed by atoms with Crippen LogP contribution in [0.1, 0.15) is 31.7 Å². The highest BCUT2D eigenvalue weighted by Gasteiger charge is 2.24. The van der Waals surface area contributed by atoms with Gasteiger partial charge in [-0.3, -0.25) is 0 Å². The third kappa shape index (κ3) is 4.52. The Morgan fingerprint density at radius 1 is 1.17 bits per heavy atom. The van der Waals surface area contributed by atoms with Crippen LogP contribution in [0.2, 0.25) is 0 Å². The van der Waals surface area contributed by atoms with Gasteiger partial charge in [0, 0.05) is 5.92 Å². The van der Waals surface area contributed by atoms with E-state index in [1.165, 1.54) is 11.1 Å². The molecule has 0 saturated heterocycles. The zero-order chi connectivity index (χ0) is 16.7. The summed E-state index contributed by atoms with van der Waals surface area (Å²) in [6, 6.07) is 8.06. The Bertz CT molecular complexity index is 667. The van der Waals surface area contributed by atoms with Crippen LogP contribution in [0.25, 0.3) is 0 Å². The Kier molecular flexibility index (Phi) is 5.69. The molecular formula is C21H22O2. The molecule has 2 nitrogen and oxygen atoms in total. The van der Waals surface area contributed by atoms with Gasteiger partial charge in [0.25, 0.3) is 0 Å². The predicted octanol–water partition coefficient (Wildman–Crippen LogP) is 4.10. The van der Waals surface area contributed by atoms with Gasteiger partial charge in [-0.1, -0.05) is 49.1 Å². The predicted molar refractivity (Wildman–Crippen MR) is 94.2 cm³/mol. The van der Waals surface area contributed by atoms with Gasteiger partial charge in [-0.15, -0.1) is 12.8 Å². The van der Waals surface area contributed by atoms with Crippen LogP contribution < -0.4 is 4.74 Å². The molecule has 1 aliphatic rings. The van der Waals surface area contributed by atoms with Crippen molar-refractivity contribution in [3.8, 4) is 30.4 Å². The first-order valence-electron chi connectivity index (χ1n) is 7.71. The van der Waals surface area contributed by atoms with Crippen molar-refractivity contribution in [3.05, 3.63) is 53.6 Å². The summed E-state index contributed by atoms with van der Waals surface area (Å²) in [5, 5.41) is 0. The van der Waals surface area contributed by atoms with E-state index in [1.807, 2.05) is 12.1 Å². The molecule has 0 aromatic heterocycles. The highest BCUT2D eigenvalue weighted by Crippen LogP contribution is 2.32. The monoisotopic (exact) mass is 306 g/mol. The van der Waals surface area contributed by atoms with Crippen LogP contribution in [-0.4, -0.2) is 18.8 Å². The summed E-state index contributed by atoms with van der Waals surface area (Å²) in [4.78, 5) is 0. The van der Waals surface area contributed by atoms with Crippen molar-refractivity contribution < 1.29 is 9.47 Å². The zero-order valence-corrected chi connectivity index (χ0v) is 13.7. The third-order valence-electron chi connectivity index (χ3n) is 4.06. The molecule has 0 spiro atoms. The average molecular weight is 306 g/mol. The van der Waals surface area contributed by atoms with Gasteiger partial charge in [-0.2, -0.15) is 0 Å². The standard InChI is InChI=1S/C21H22O2/c1-5-15-22-20-9-7-18(8-10-20)17(3)19-11-13-21(4,14-12-19)23-16-6-2/h1-2,7-13,17H,14-16H2,3-4H3. The number of hydrogen-bond acceptors (Lipinski definition) is 2. The quantitative estimate of drug-likeness (QED) is 0.737. The average Bonchev–Trinajstić information content (AvgIpc) is 2.59. The van der Waals surface area contributed by atoms with Crippen LogP contribution in [0.15, 0.2) is 48.1 Å². The van der Waals surface area contributed by atoms with Crippen molar-refractivity contribution in [1.29, 1.82) is 0 Å². The molecule has 0 saturated carbocycles. The molecule has 0 heterocycles. The Hall–Kier alpha value is -2.42. The lowest BCUT2D eigenvalue weighted by atomic mass is 9.85. The largest absolute Gasteiger partial charge is 0.481 e. The lowest BCUT2D eigenvalue weighted by Crippen LogP contribution is -2.27. The molecule has 0 radical (unpaired) electrons. The molecule has 0 amide bonds. The number of ether oxygens (including phenoxy) is 2. The van der Waals surface area contributed by atoms with Gasteiger partial charge in [0.05, 0.1) is 5.60 Å². The maximum Gasteiger partial charge on any atom is 0.148 e. The van der Waals surface area contributed by atoms with Crippen LogP contribution >= 0.6 is 0 Å². The summed E-state index contributed by atoms with van der Waals surface area (Å²) in [5.41, 5.74) is 2.22. The molecular weight excluding hydrogens is 284 g/mol. The first-order valence-corrected chi connectivity index (χ1v) is 7.71. The molecule has 0 fully saturated rings. The Balaban J connectivity index is 2.02. The van der Waals surface area contributed by atoms with Crippen molar-refractivity contribution >= 4 is 0 Å². The van der Waals surface area contributed by atoms with Crippen LogP contribution in [0, 0.1) is 24.7 Å². The van der Waals surface area contributed by atoms with Crippen LogP contribution in [0.3, 0.4) is 0 Å². The molecule has 2 heteroatoms. The van der Waals surface area contributed by atoms with Crippen LogP contribution in [0.4, 0.5) is 0 Å². The van der Waals surface area contributed by atoms with E-state index in [0.29, 0.717) is 19.1 Å². The van der Waals surface area contributed by atoms with E-state index in [9.17, 15) is 0 Å². The topological polar surface area (TPSA) is 18.5 Å². The fourth-order valence-electron chi connectivity index (χ4n) is 2.53. The second-order valence-electron chi connectivity index (χ2n) is 5.83. The van der Waals surface area contributed by atoms with E-state index in [1.54, 1.807) is 0 Å². The van der Waals surface area contributed by atoms with E-state index in [-0.39, 0.29) is 5.60 Å². The van der Waals surface area contributed by atoms with E-state index in [2.05, 4.69) is 56.0 Å². The molecule has 118 valence electrons. The van der Waals surface area contributed by atoms with Crippen LogP contribution in [0.5, 0.6) is 5.75 Å². The number of allylic oxidation sites excluding steroid dienone is 2. The third-order valence-corrected chi connectivity index (χ3v) is 4.06. The Morgan fingerprint density at radius 3 is 2.43 bits per heavy atom. The van der Waals surface area contributed by atoms with E-state index >= 15 is 0 Å². The summed E-state index contributed by atoms with van der Waals surface area (Å²) in [6.07, 6.45) is 17.7. The second kappa shape index (κ2) is 7.73. The second-order valence-corrected chi connectivity index (χ2v) is 5.83. The molecule has 1 aliphatic carbocycles. The van der Waals surface area contributed by atoms with Gasteiger partial charge < -0.3 is 9.47 Å². The van der Waals surface area contributed by atoms with Crippen molar-refractivity contribution in [2.24, 2.45) is 0 Å². The number of rotatable bonds is 6.